The molecular formula is C14H23N3O3. The molecule has 0 radical (unpaired) electrons. The highest BCUT2D eigenvalue weighted by Gasteiger charge is 2.33. The number of rotatable bonds is 5. The van der Waals surface area contributed by atoms with Gasteiger partial charge < -0.3 is 9.73 Å². The second-order valence-electron chi connectivity index (χ2n) is 6.36. The summed E-state index contributed by atoms with van der Waals surface area (Å²) in [5, 5.41) is 10.1. The van der Waals surface area contributed by atoms with Gasteiger partial charge in [-0.1, -0.05) is 34.6 Å². The van der Waals surface area contributed by atoms with Gasteiger partial charge >= 0.3 is 0 Å². The van der Waals surface area contributed by atoms with Gasteiger partial charge in [0, 0.05) is 12.8 Å². The maximum Gasteiger partial charge on any atom is 0.283 e. The number of nitrogens with zero attached hydrogens (tertiary/aromatic N) is 2. The lowest BCUT2D eigenvalue weighted by Crippen LogP contribution is -2.40. The van der Waals surface area contributed by atoms with Crippen LogP contribution in [0.5, 0.6) is 0 Å². The number of carbonyl (C=O) groups is 2. The Kier molecular flexibility index (Phi) is 5.03. The number of hydrogen-bond acceptors (Lipinski definition) is 5. The molecule has 112 valence electrons. The maximum atomic E-state index is 12.3. The van der Waals surface area contributed by atoms with Gasteiger partial charge in [-0.25, -0.2) is 0 Å². The van der Waals surface area contributed by atoms with Crippen molar-refractivity contribution in [3.63, 3.8) is 0 Å². The van der Waals surface area contributed by atoms with E-state index in [0.29, 0.717) is 0 Å². The SMILES string of the molecule is CC(=O)c1nnc(CNC(=O)C(C(C)C)C(C)(C)C)o1. The predicted octanol–water partition coefficient (Wildman–Crippen LogP) is 2.21. The van der Waals surface area contributed by atoms with Crippen LogP contribution in [0.3, 0.4) is 0 Å². The van der Waals surface area contributed by atoms with E-state index in [-0.39, 0.29) is 47.3 Å². The lowest BCUT2D eigenvalue weighted by molar-refractivity contribution is -0.130. The molecule has 1 amide bonds. The van der Waals surface area contributed by atoms with Crippen molar-refractivity contribution >= 4 is 11.7 Å². The van der Waals surface area contributed by atoms with Crippen molar-refractivity contribution in [2.75, 3.05) is 0 Å². The molecule has 0 aliphatic heterocycles. The molecule has 0 aliphatic rings. The fourth-order valence-electron chi connectivity index (χ4n) is 2.44. The third kappa shape index (κ3) is 4.15. The lowest BCUT2D eigenvalue weighted by atomic mass is 9.74. The van der Waals surface area contributed by atoms with Crippen LogP contribution in [0.1, 0.15) is 58.1 Å². The third-order valence-corrected chi connectivity index (χ3v) is 3.06. The Hall–Kier alpha value is -1.72. The van der Waals surface area contributed by atoms with E-state index in [4.69, 9.17) is 4.42 Å². The van der Waals surface area contributed by atoms with E-state index in [1.54, 1.807) is 0 Å². The van der Waals surface area contributed by atoms with Gasteiger partial charge in [0.15, 0.2) is 0 Å². The number of ketones is 1. The molecule has 0 bridgehead atoms. The molecule has 1 aromatic rings. The highest BCUT2D eigenvalue weighted by Crippen LogP contribution is 2.32. The molecular weight excluding hydrogens is 258 g/mol. The van der Waals surface area contributed by atoms with Crippen molar-refractivity contribution in [1.29, 1.82) is 0 Å². The minimum atomic E-state index is -0.287. The second-order valence-corrected chi connectivity index (χ2v) is 6.36. The van der Waals surface area contributed by atoms with Gasteiger partial charge in [0.2, 0.25) is 17.6 Å². The Balaban J connectivity index is 2.67. The molecule has 0 aliphatic carbocycles. The summed E-state index contributed by atoms with van der Waals surface area (Å²) in [5.41, 5.74) is -0.127. The summed E-state index contributed by atoms with van der Waals surface area (Å²) in [6.07, 6.45) is 0. The number of Topliss-reactive ketones (excluding diaryl/α,β-unsaturated/α-hetero) is 1. The average Bonchev–Trinajstić information content (AvgIpc) is 2.72. The van der Waals surface area contributed by atoms with Crippen LogP contribution in [0.15, 0.2) is 4.42 Å². The Morgan fingerprint density at radius 2 is 1.85 bits per heavy atom. The van der Waals surface area contributed by atoms with Crippen LogP contribution < -0.4 is 5.32 Å². The van der Waals surface area contributed by atoms with Gasteiger partial charge in [-0.15, -0.1) is 10.2 Å². The van der Waals surface area contributed by atoms with Crippen LogP contribution in [0.25, 0.3) is 0 Å². The van der Waals surface area contributed by atoms with Gasteiger partial charge in [-0.2, -0.15) is 0 Å². The highest BCUT2D eigenvalue weighted by atomic mass is 16.4. The average molecular weight is 281 g/mol. The number of hydrogen-bond donors (Lipinski definition) is 1. The van der Waals surface area contributed by atoms with E-state index in [1.165, 1.54) is 6.92 Å². The predicted molar refractivity (Wildman–Crippen MR) is 73.9 cm³/mol. The molecule has 1 N–H and O–H groups in total. The molecule has 0 fully saturated rings. The summed E-state index contributed by atoms with van der Waals surface area (Å²) in [5.74, 6) is -0.0199. The quantitative estimate of drug-likeness (QED) is 0.836. The van der Waals surface area contributed by atoms with Crippen LogP contribution in [0.4, 0.5) is 0 Å². The minimum absolute atomic E-state index is 0.0366. The molecule has 6 nitrogen and oxygen atoms in total. The molecule has 6 heteroatoms. The van der Waals surface area contributed by atoms with Crippen LogP contribution in [0, 0.1) is 17.3 Å². The Morgan fingerprint density at radius 1 is 1.25 bits per heavy atom. The third-order valence-electron chi connectivity index (χ3n) is 3.06. The Labute approximate surface area is 119 Å². The number of carbonyl (C=O) groups excluding carboxylic acids is 2. The maximum absolute atomic E-state index is 12.3. The van der Waals surface area contributed by atoms with E-state index in [0.717, 1.165) is 0 Å². The second kappa shape index (κ2) is 6.15. The van der Waals surface area contributed by atoms with Gasteiger partial charge in [0.1, 0.15) is 0 Å². The summed E-state index contributed by atoms with van der Waals surface area (Å²) in [6, 6.07) is 0. The molecule has 1 unspecified atom stereocenters. The van der Waals surface area contributed by atoms with E-state index < -0.39 is 0 Å². The monoisotopic (exact) mass is 281 g/mol. The van der Waals surface area contributed by atoms with Crippen molar-refractivity contribution in [3.05, 3.63) is 11.8 Å². The van der Waals surface area contributed by atoms with E-state index >= 15 is 0 Å². The van der Waals surface area contributed by atoms with Crippen LogP contribution in [0.2, 0.25) is 0 Å². The minimum Gasteiger partial charge on any atom is -0.416 e. The Morgan fingerprint density at radius 3 is 2.25 bits per heavy atom. The van der Waals surface area contributed by atoms with Crippen molar-refractivity contribution < 1.29 is 14.0 Å². The summed E-state index contributed by atoms with van der Waals surface area (Å²) < 4.78 is 5.13. The molecule has 1 heterocycles. The van der Waals surface area contributed by atoms with Crippen molar-refractivity contribution in [2.24, 2.45) is 17.3 Å². The fraction of sp³-hybridized carbons (Fsp3) is 0.714. The van der Waals surface area contributed by atoms with Crippen molar-refractivity contribution in [2.45, 2.75) is 48.1 Å². The standard InChI is InChI=1S/C14H23N3O3/c1-8(2)11(14(4,5)6)12(19)15-7-10-16-17-13(20-10)9(3)18/h8,11H,7H2,1-6H3,(H,15,19). The first-order chi connectivity index (χ1) is 9.12. The van der Waals surface area contributed by atoms with Gasteiger partial charge in [-0.3, -0.25) is 9.59 Å². The zero-order valence-electron chi connectivity index (χ0n) is 13.0. The molecule has 1 atom stereocenters. The van der Waals surface area contributed by atoms with Crippen LogP contribution in [-0.4, -0.2) is 21.9 Å². The summed E-state index contributed by atoms with van der Waals surface area (Å²) in [7, 11) is 0. The molecule has 20 heavy (non-hydrogen) atoms. The summed E-state index contributed by atoms with van der Waals surface area (Å²) in [4.78, 5) is 23.3. The Bertz CT molecular complexity index is 486. The first kappa shape index (κ1) is 16.3. The summed E-state index contributed by atoms with van der Waals surface area (Å²) in [6.45, 7) is 11.7. The van der Waals surface area contributed by atoms with Crippen LogP contribution >= 0.6 is 0 Å². The number of aromatic nitrogens is 2. The molecule has 0 saturated carbocycles. The zero-order valence-corrected chi connectivity index (χ0v) is 13.0. The van der Waals surface area contributed by atoms with E-state index in [9.17, 15) is 9.59 Å². The van der Waals surface area contributed by atoms with E-state index in [2.05, 4.69) is 15.5 Å². The first-order valence-corrected chi connectivity index (χ1v) is 6.74. The smallest absolute Gasteiger partial charge is 0.283 e. The van der Waals surface area contributed by atoms with Crippen molar-refractivity contribution in [1.82, 2.24) is 15.5 Å². The van der Waals surface area contributed by atoms with E-state index in [1.807, 2.05) is 34.6 Å². The lowest BCUT2D eigenvalue weighted by Gasteiger charge is -2.32. The largest absolute Gasteiger partial charge is 0.416 e. The molecule has 1 aromatic heterocycles. The fourth-order valence-corrected chi connectivity index (χ4v) is 2.44. The zero-order chi connectivity index (χ0) is 15.5. The number of amides is 1. The molecule has 0 saturated heterocycles. The molecule has 1 rings (SSSR count). The highest BCUT2D eigenvalue weighted by molar-refractivity contribution is 5.89. The van der Waals surface area contributed by atoms with Gasteiger partial charge in [0.25, 0.3) is 5.89 Å². The van der Waals surface area contributed by atoms with Gasteiger partial charge in [-0.05, 0) is 11.3 Å². The van der Waals surface area contributed by atoms with Crippen LogP contribution in [-0.2, 0) is 11.3 Å². The molecule has 0 aromatic carbocycles. The molecule has 0 spiro atoms. The normalized spacial score (nSPS) is 13.3. The summed E-state index contributed by atoms with van der Waals surface area (Å²) >= 11 is 0. The number of nitrogens with one attached hydrogen (secondary N) is 1. The first-order valence-electron chi connectivity index (χ1n) is 6.74. The topological polar surface area (TPSA) is 85.1 Å². The van der Waals surface area contributed by atoms with Crippen molar-refractivity contribution in [3.8, 4) is 0 Å². The van der Waals surface area contributed by atoms with Gasteiger partial charge in [0.05, 0.1) is 6.54 Å².